The Kier molecular flexibility index (Phi) is 5.46. The number of rotatable bonds is 5. The minimum Gasteiger partial charge on any atom is -0.396 e. The topological polar surface area (TPSA) is 23.5 Å². The molecular formula is C15H24BrNOS. The molecule has 2 nitrogen and oxygen atoms in total. The first-order valence-corrected chi connectivity index (χ1v) is 8.72. The Balaban J connectivity index is 1.90. The van der Waals surface area contributed by atoms with E-state index in [2.05, 4.69) is 46.2 Å². The van der Waals surface area contributed by atoms with Gasteiger partial charge in [-0.25, -0.2) is 0 Å². The first kappa shape index (κ1) is 15.5. The smallest absolute Gasteiger partial charge is 0.0701 e. The molecule has 1 fully saturated rings. The molecule has 1 saturated carbocycles. The Morgan fingerprint density at radius 3 is 2.68 bits per heavy atom. The first-order chi connectivity index (χ1) is 9.03. The van der Waals surface area contributed by atoms with Crippen LogP contribution in [0.25, 0.3) is 0 Å². The van der Waals surface area contributed by atoms with Gasteiger partial charge in [-0.2, -0.15) is 0 Å². The monoisotopic (exact) mass is 345 g/mol. The number of hydrogen-bond donors (Lipinski definition) is 1. The molecule has 1 aromatic rings. The summed E-state index contributed by atoms with van der Waals surface area (Å²) >= 11 is 5.25. The fraction of sp³-hybridized carbons (Fsp3) is 0.733. The van der Waals surface area contributed by atoms with Crippen LogP contribution in [0.15, 0.2) is 15.2 Å². The van der Waals surface area contributed by atoms with E-state index in [1.807, 2.05) is 0 Å². The van der Waals surface area contributed by atoms with Crippen molar-refractivity contribution in [2.24, 2.45) is 11.3 Å². The van der Waals surface area contributed by atoms with Gasteiger partial charge >= 0.3 is 0 Å². The fourth-order valence-corrected chi connectivity index (χ4v) is 4.31. The zero-order chi connectivity index (χ0) is 13.9. The van der Waals surface area contributed by atoms with Crippen molar-refractivity contribution in [3.63, 3.8) is 0 Å². The van der Waals surface area contributed by atoms with Crippen molar-refractivity contribution in [1.29, 1.82) is 0 Å². The Morgan fingerprint density at radius 2 is 2.16 bits per heavy atom. The van der Waals surface area contributed by atoms with Crippen molar-refractivity contribution in [2.75, 3.05) is 20.2 Å². The lowest BCUT2D eigenvalue weighted by Crippen LogP contribution is -2.40. The average molecular weight is 346 g/mol. The maximum absolute atomic E-state index is 9.81. The molecule has 2 rings (SSSR count). The molecule has 1 aliphatic rings. The Hall–Kier alpha value is 0.100. The van der Waals surface area contributed by atoms with E-state index < -0.39 is 0 Å². The zero-order valence-electron chi connectivity index (χ0n) is 11.9. The number of aliphatic hydroxyl groups excluding tert-OH is 1. The number of nitrogens with zero attached hydrogens (tertiary/aromatic N) is 1. The summed E-state index contributed by atoms with van der Waals surface area (Å²) in [6.07, 6.45) is 4.86. The highest BCUT2D eigenvalue weighted by Gasteiger charge is 2.34. The largest absolute Gasteiger partial charge is 0.396 e. The van der Waals surface area contributed by atoms with E-state index in [1.54, 1.807) is 11.3 Å². The molecule has 1 heterocycles. The van der Waals surface area contributed by atoms with Gasteiger partial charge in [0, 0.05) is 25.1 Å². The Labute approximate surface area is 129 Å². The van der Waals surface area contributed by atoms with Crippen LogP contribution in [-0.2, 0) is 6.54 Å². The van der Waals surface area contributed by atoms with Gasteiger partial charge in [0.2, 0.25) is 0 Å². The molecule has 0 radical (unpaired) electrons. The molecule has 0 aromatic carbocycles. The molecule has 0 aliphatic heterocycles. The van der Waals surface area contributed by atoms with Crippen LogP contribution in [0.4, 0.5) is 0 Å². The highest BCUT2D eigenvalue weighted by atomic mass is 79.9. The molecule has 4 heteroatoms. The van der Waals surface area contributed by atoms with E-state index in [0.717, 1.165) is 19.0 Å². The van der Waals surface area contributed by atoms with E-state index in [0.29, 0.717) is 6.61 Å². The maximum atomic E-state index is 9.81. The van der Waals surface area contributed by atoms with Crippen LogP contribution in [0, 0.1) is 11.3 Å². The van der Waals surface area contributed by atoms with Gasteiger partial charge < -0.3 is 10.0 Å². The minimum atomic E-state index is 0.133. The van der Waals surface area contributed by atoms with Crippen LogP contribution in [0.2, 0.25) is 0 Å². The Morgan fingerprint density at radius 1 is 1.47 bits per heavy atom. The van der Waals surface area contributed by atoms with Gasteiger partial charge in [0.15, 0.2) is 0 Å². The number of aliphatic hydroxyl groups is 1. The summed E-state index contributed by atoms with van der Waals surface area (Å²) in [4.78, 5) is 2.36. The van der Waals surface area contributed by atoms with Gasteiger partial charge in [-0.1, -0.05) is 19.8 Å². The predicted molar refractivity (Wildman–Crippen MR) is 85.5 cm³/mol. The molecular weight excluding hydrogens is 322 g/mol. The molecule has 19 heavy (non-hydrogen) atoms. The molecule has 1 N–H and O–H groups in total. The minimum absolute atomic E-state index is 0.133. The van der Waals surface area contributed by atoms with E-state index in [-0.39, 0.29) is 5.41 Å². The fourth-order valence-electron chi connectivity index (χ4n) is 3.11. The molecule has 0 atom stereocenters. The van der Waals surface area contributed by atoms with Crippen molar-refractivity contribution in [1.82, 2.24) is 4.90 Å². The van der Waals surface area contributed by atoms with E-state index >= 15 is 0 Å². The van der Waals surface area contributed by atoms with Gasteiger partial charge in [0.05, 0.1) is 3.79 Å². The van der Waals surface area contributed by atoms with Crippen molar-refractivity contribution in [2.45, 2.75) is 39.2 Å². The van der Waals surface area contributed by atoms with Crippen molar-refractivity contribution < 1.29 is 5.11 Å². The molecule has 0 spiro atoms. The molecule has 0 bridgehead atoms. The van der Waals surface area contributed by atoms with Crippen LogP contribution >= 0.6 is 27.3 Å². The lowest BCUT2D eigenvalue weighted by atomic mass is 9.71. The number of hydrogen-bond acceptors (Lipinski definition) is 3. The van der Waals surface area contributed by atoms with Crippen LogP contribution < -0.4 is 0 Å². The lowest BCUT2D eigenvalue weighted by molar-refractivity contribution is 0.0346. The van der Waals surface area contributed by atoms with Gasteiger partial charge in [-0.3, -0.25) is 0 Å². The predicted octanol–water partition coefficient (Wildman–Crippen LogP) is 4.13. The van der Waals surface area contributed by atoms with E-state index in [9.17, 15) is 5.11 Å². The average Bonchev–Trinajstić information content (AvgIpc) is 2.78. The summed E-state index contributed by atoms with van der Waals surface area (Å²) in [5.74, 6) is 0.831. The highest BCUT2D eigenvalue weighted by Crippen LogP contribution is 2.39. The summed E-state index contributed by atoms with van der Waals surface area (Å²) in [6, 6.07) is 2.19. The molecule has 0 unspecified atom stereocenters. The second-order valence-electron chi connectivity index (χ2n) is 6.27. The van der Waals surface area contributed by atoms with Crippen molar-refractivity contribution in [3.05, 3.63) is 20.8 Å². The third-order valence-corrected chi connectivity index (χ3v) is 5.90. The first-order valence-electron chi connectivity index (χ1n) is 7.05. The second kappa shape index (κ2) is 6.70. The van der Waals surface area contributed by atoms with Crippen molar-refractivity contribution >= 4 is 27.3 Å². The van der Waals surface area contributed by atoms with Crippen LogP contribution in [0.1, 0.15) is 38.2 Å². The van der Waals surface area contributed by atoms with Crippen LogP contribution in [0.5, 0.6) is 0 Å². The molecule has 108 valence electrons. The van der Waals surface area contributed by atoms with Crippen molar-refractivity contribution in [3.8, 4) is 0 Å². The third kappa shape index (κ3) is 4.28. The van der Waals surface area contributed by atoms with Crippen LogP contribution in [0.3, 0.4) is 0 Å². The zero-order valence-corrected chi connectivity index (χ0v) is 14.3. The summed E-state index contributed by atoms with van der Waals surface area (Å²) in [5.41, 5.74) is 1.49. The molecule has 0 amide bonds. The molecule has 1 aliphatic carbocycles. The van der Waals surface area contributed by atoms with Crippen LogP contribution in [-0.4, -0.2) is 30.2 Å². The van der Waals surface area contributed by atoms with E-state index in [1.165, 1.54) is 35.0 Å². The third-order valence-electron chi connectivity index (χ3n) is 4.35. The quantitative estimate of drug-likeness (QED) is 0.867. The van der Waals surface area contributed by atoms with E-state index in [4.69, 9.17) is 0 Å². The second-order valence-corrected chi connectivity index (χ2v) is 8.56. The summed E-state index contributed by atoms with van der Waals surface area (Å²) in [5, 5.41) is 12.0. The SMILES string of the molecule is CC1CCC(CO)(CN(C)Cc2csc(Br)c2)CC1. The maximum Gasteiger partial charge on any atom is 0.0701 e. The Bertz CT molecular complexity index is 399. The highest BCUT2D eigenvalue weighted by molar-refractivity contribution is 9.11. The van der Waals surface area contributed by atoms with Gasteiger partial charge in [-0.15, -0.1) is 11.3 Å². The molecule has 1 aromatic heterocycles. The van der Waals surface area contributed by atoms with Gasteiger partial charge in [0.1, 0.15) is 0 Å². The number of thiophene rings is 1. The normalized spacial score (nSPS) is 27.9. The summed E-state index contributed by atoms with van der Waals surface area (Å²) < 4.78 is 1.19. The lowest BCUT2D eigenvalue weighted by Gasteiger charge is -2.40. The molecule has 0 saturated heterocycles. The van der Waals surface area contributed by atoms with Gasteiger partial charge in [0.25, 0.3) is 0 Å². The standard InChI is InChI=1S/C15H24BrNOS/c1-12-3-5-15(11-18,6-4-12)10-17(2)8-13-7-14(16)19-9-13/h7,9,12,18H,3-6,8,10-11H2,1-2H3. The van der Waals surface area contributed by atoms with Gasteiger partial charge in [-0.05, 0) is 58.7 Å². The summed E-state index contributed by atoms with van der Waals surface area (Å²) in [7, 11) is 2.17. The number of halogens is 1. The summed E-state index contributed by atoms with van der Waals surface area (Å²) in [6.45, 7) is 4.63.